The summed E-state index contributed by atoms with van der Waals surface area (Å²) in [5.74, 6) is -0.0229. The Morgan fingerprint density at radius 2 is 1.96 bits per heavy atom. The van der Waals surface area contributed by atoms with Crippen LogP contribution < -0.4 is 15.4 Å². The maximum atomic E-state index is 12.8. The van der Waals surface area contributed by atoms with Gasteiger partial charge in [0.05, 0.1) is 7.11 Å². The van der Waals surface area contributed by atoms with E-state index in [-0.39, 0.29) is 16.8 Å². The molecule has 0 spiro atoms. The molecule has 0 aliphatic carbocycles. The van der Waals surface area contributed by atoms with Crippen LogP contribution in [0.15, 0.2) is 54.6 Å². The number of rotatable bonds is 4. The van der Waals surface area contributed by atoms with Crippen LogP contribution in [0, 0.1) is 5.82 Å². The number of amides is 1. The molecule has 0 unspecified atom stereocenters. The zero-order valence-corrected chi connectivity index (χ0v) is 13.2. The molecular weight excluding hydrogens is 315 g/mol. The highest BCUT2D eigenvalue weighted by atomic mass is 32.1. The molecule has 0 saturated heterocycles. The van der Waals surface area contributed by atoms with E-state index in [1.807, 2.05) is 0 Å². The van der Waals surface area contributed by atoms with Crippen LogP contribution in [0.3, 0.4) is 0 Å². The maximum absolute atomic E-state index is 12.8. The second-order valence-electron chi connectivity index (χ2n) is 4.56. The summed E-state index contributed by atoms with van der Waals surface area (Å²) in [6.45, 7) is 0. The quantitative estimate of drug-likeness (QED) is 0.667. The van der Waals surface area contributed by atoms with Crippen LogP contribution in [0.5, 0.6) is 5.75 Å². The summed E-state index contributed by atoms with van der Waals surface area (Å²) in [5, 5.41) is 5.59. The highest BCUT2D eigenvalue weighted by molar-refractivity contribution is 7.80. The Labute approximate surface area is 139 Å². The number of ether oxygens (including phenoxy) is 1. The molecule has 0 aromatic heterocycles. The first kappa shape index (κ1) is 16.6. The second kappa shape index (κ2) is 8.05. The molecule has 6 heteroatoms. The fourth-order valence-electron chi connectivity index (χ4n) is 1.76. The van der Waals surface area contributed by atoms with Gasteiger partial charge in [0.1, 0.15) is 11.6 Å². The van der Waals surface area contributed by atoms with Crippen molar-refractivity contribution in [3.63, 3.8) is 0 Å². The third-order valence-corrected chi connectivity index (χ3v) is 3.07. The maximum Gasteiger partial charge on any atom is 0.250 e. The first-order chi connectivity index (χ1) is 11.1. The van der Waals surface area contributed by atoms with Crippen molar-refractivity contribution in [3.05, 3.63) is 66.0 Å². The zero-order valence-electron chi connectivity index (χ0n) is 12.4. The molecule has 0 heterocycles. The summed E-state index contributed by atoms with van der Waals surface area (Å²) < 4.78 is 17.9. The van der Waals surface area contributed by atoms with E-state index in [9.17, 15) is 9.18 Å². The zero-order chi connectivity index (χ0) is 16.7. The highest BCUT2D eigenvalue weighted by Crippen LogP contribution is 2.16. The average Bonchev–Trinajstić information content (AvgIpc) is 2.54. The van der Waals surface area contributed by atoms with Crippen molar-refractivity contribution in [2.45, 2.75) is 0 Å². The van der Waals surface area contributed by atoms with E-state index in [4.69, 9.17) is 17.0 Å². The molecule has 0 saturated carbocycles. The Morgan fingerprint density at radius 3 is 2.65 bits per heavy atom. The van der Waals surface area contributed by atoms with Crippen molar-refractivity contribution in [1.29, 1.82) is 0 Å². The summed E-state index contributed by atoms with van der Waals surface area (Å²) in [5.41, 5.74) is 1.42. The molecule has 23 heavy (non-hydrogen) atoms. The predicted molar refractivity (Wildman–Crippen MR) is 92.8 cm³/mol. The minimum Gasteiger partial charge on any atom is -0.497 e. The van der Waals surface area contributed by atoms with Crippen molar-refractivity contribution >= 4 is 35.0 Å². The molecule has 0 atom stereocenters. The summed E-state index contributed by atoms with van der Waals surface area (Å²) in [6.07, 6.45) is 2.90. The van der Waals surface area contributed by atoms with Gasteiger partial charge in [-0.3, -0.25) is 10.1 Å². The monoisotopic (exact) mass is 330 g/mol. The van der Waals surface area contributed by atoms with Gasteiger partial charge in [-0.15, -0.1) is 0 Å². The molecule has 1 amide bonds. The van der Waals surface area contributed by atoms with E-state index in [0.717, 1.165) is 0 Å². The van der Waals surface area contributed by atoms with Gasteiger partial charge in [-0.1, -0.05) is 18.2 Å². The number of hydrogen-bond donors (Lipinski definition) is 2. The molecule has 2 N–H and O–H groups in total. The number of methoxy groups -OCH3 is 1. The minimum atomic E-state index is -0.380. The average molecular weight is 330 g/mol. The van der Waals surface area contributed by atoms with Gasteiger partial charge in [0.2, 0.25) is 5.91 Å². The van der Waals surface area contributed by atoms with Gasteiger partial charge >= 0.3 is 0 Å². The number of thiocarbonyl (C=S) groups is 1. The lowest BCUT2D eigenvalue weighted by molar-refractivity contribution is -0.115. The lowest BCUT2D eigenvalue weighted by Gasteiger charge is -2.09. The lowest BCUT2D eigenvalue weighted by atomic mass is 10.2. The molecule has 0 radical (unpaired) electrons. The number of halogens is 1. The van der Waals surface area contributed by atoms with Crippen LogP contribution in [0.1, 0.15) is 5.56 Å². The number of carbonyl (C=O) groups is 1. The molecule has 2 aromatic carbocycles. The molecule has 4 nitrogen and oxygen atoms in total. The minimum absolute atomic E-state index is 0.173. The van der Waals surface area contributed by atoms with Crippen LogP contribution in [0.25, 0.3) is 6.08 Å². The summed E-state index contributed by atoms with van der Waals surface area (Å²) in [4.78, 5) is 11.8. The van der Waals surface area contributed by atoms with E-state index < -0.39 is 0 Å². The molecule has 0 bridgehead atoms. The van der Waals surface area contributed by atoms with Gasteiger partial charge in [-0.2, -0.15) is 0 Å². The van der Waals surface area contributed by atoms with Crippen LogP contribution in [0.4, 0.5) is 10.1 Å². The van der Waals surface area contributed by atoms with E-state index in [0.29, 0.717) is 17.0 Å². The number of carbonyl (C=O) groups excluding carboxylic acids is 1. The topological polar surface area (TPSA) is 50.4 Å². The highest BCUT2D eigenvalue weighted by Gasteiger charge is 2.02. The van der Waals surface area contributed by atoms with Gasteiger partial charge in [-0.05, 0) is 48.1 Å². The molecule has 2 aromatic rings. The first-order valence-corrected chi connectivity index (χ1v) is 7.17. The van der Waals surface area contributed by atoms with Crippen molar-refractivity contribution < 1.29 is 13.9 Å². The second-order valence-corrected chi connectivity index (χ2v) is 4.97. The SMILES string of the molecule is COc1cccc(NC(=S)NC(=O)/C=C/c2ccc(F)cc2)c1. The standard InChI is InChI=1S/C17H15FN2O2S/c1-22-15-4-2-3-14(11-15)19-17(23)20-16(21)10-7-12-5-8-13(18)9-6-12/h2-11H,1H3,(H2,19,20,21,23)/b10-7+. The largest absolute Gasteiger partial charge is 0.497 e. The van der Waals surface area contributed by atoms with Crippen LogP contribution >= 0.6 is 12.2 Å². The van der Waals surface area contributed by atoms with E-state index in [1.165, 1.54) is 18.2 Å². The number of anilines is 1. The Balaban J connectivity index is 1.89. The number of benzene rings is 2. The van der Waals surface area contributed by atoms with Gasteiger partial charge < -0.3 is 10.1 Å². The van der Waals surface area contributed by atoms with Gasteiger partial charge in [0, 0.05) is 17.8 Å². The van der Waals surface area contributed by atoms with Gasteiger partial charge in [0.15, 0.2) is 5.11 Å². The van der Waals surface area contributed by atoms with E-state index in [2.05, 4.69) is 10.6 Å². The summed E-state index contributed by atoms with van der Waals surface area (Å²) in [7, 11) is 1.57. The predicted octanol–water partition coefficient (Wildman–Crippen LogP) is 3.36. The Kier molecular flexibility index (Phi) is 5.82. The molecule has 0 aliphatic heterocycles. The van der Waals surface area contributed by atoms with Crippen molar-refractivity contribution in [2.75, 3.05) is 12.4 Å². The van der Waals surface area contributed by atoms with E-state index in [1.54, 1.807) is 49.6 Å². The van der Waals surface area contributed by atoms with Crippen LogP contribution in [-0.2, 0) is 4.79 Å². The lowest BCUT2D eigenvalue weighted by Crippen LogP contribution is -2.32. The molecule has 0 aliphatic rings. The Bertz CT molecular complexity index is 730. The van der Waals surface area contributed by atoms with Crippen molar-refractivity contribution in [2.24, 2.45) is 0 Å². The fraction of sp³-hybridized carbons (Fsp3) is 0.0588. The summed E-state index contributed by atoms with van der Waals surface area (Å²) in [6, 6.07) is 13.0. The number of nitrogens with one attached hydrogen (secondary N) is 2. The Hall–Kier alpha value is -2.73. The van der Waals surface area contributed by atoms with Crippen molar-refractivity contribution in [1.82, 2.24) is 5.32 Å². The van der Waals surface area contributed by atoms with Crippen LogP contribution in [-0.4, -0.2) is 18.1 Å². The van der Waals surface area contributed by atoms with Gasteiger partial charge in [-0.25, -0.2) is 4.39 Å². The first-order valence-electron chi connectivity index (χ1n) is 6.76. The van der Waals surface area contributed by atoms with Gasteiger partial charge in [0.25, 0.3) is 0 Å². The third kappa shape index (κ3) is 5.52. The molecule has 118 valence electrons. The van der Waals surface area contributed by atoms with Crippen LogP contribution in [0.2, 0.25) is 0 Å². The molecule has 2 rings (SSSR count). The normalized spacial score (nSPS) is 10.3. The summed E-state index contributed by atoms with van der Waals surface area (Å²) >= 11 is 5.07. The Morgan fingerprint density at radius 1 is 1.22 bits per heavy atom. The molecule has 0 fully saturated rings. The van der Waals surface area contributed by atoms with Crippen molar-refractivity contribution in [3.8, 4) is 5.75 Å². The number of hydrogen-bond acceptors (Lipinski definition) is 3. The third-order valence-electron chi connectivity index (χ3n) is 2.86. The fourth-order valence-corrected chi connectivity index (χ4v) is 1.98. The van der Waals surface area contributed by atoms with E-state index >= 15 is 0 Å². The molecular formula is C17H15FN2O2S. The smallest absolute Gasteiger partial charge is 0.250 e.